The van der Waals surface area contributed by atoms with Crippen LogP contribution in [-0.2, 0) is 9.59 Å². The van der Waals surface area contributed by atoms with Gasteiger partial charge in [0.25, 0.3) is 5.91 Å². The summed E-state index contributed by atoms with van der Waals surface area (Å²) in [6.07, 6.45) is 4.64. The summed E-state index contributed by atoms with van der Waals surface area (Å²) in [6, 6.07) is 13.0. The average Bonchev–Trinajstić information content (AvgIpc) is 3.06. The molecule has 32 heavy (non-hydrogen) atoms. The lowest BCUT2D eigenvalue weighted by Gasteiger charge is -2.38. The second-order valence-electron chi connectivity index (χ2n) is 8.38. The normalized spacial score (nSPS) is 17.3. The number of rotatable bonds is 6. The highest BCUT2D eigenvalue weighted by Crippen LogP contribution is 2.39. The van der Waals surface area contributed by atoms with Crippen molar-refractivity contribution < 1.29 is 19.1 Å². The number of nitrogens with one attached hydrogen (secondary N) is 1. The predicted molar refractivity (Wildman–Crippen MR) is 123 cm³/mol. The summed E-state index contributed by atoms with van der Waals surface area (Å²) in [5, 5.41) is 2.88. The van der Waals surface area contributed by atoms with Gasteiger partial charge in [0.05, 0.1) is 19.9 Å². The van der Waals surface area contributed by atoms with Crippen LogP contribution in [0.5, 0.6) is 11.5 Å². The van der Waals surface area contributed by atoms with E-state index in [0.29, 0.717) is 22.9 Å². The number of carbonyl (C=O) groups excluding carboxylic acids is 2. The highest BCUT2D eigenvalue weighted by atomic mass is 16.5. The second kappa shape index (κ2) is 9.02. The van der Waals surface area contributed by atoms with Gasteiger partial charge in [0.1, 0.15) is 29.4 Å². The minimum atomic E-state index is -0.642. The van der Waals surface area contributed by atoms with Crippen molar-refractivity contribution in [1.29, 1.82) is 0 Å². The minimum absolute atomic E-state index is 0.0626. The van der Waals surface area contributed by atoms with Crippen LogP contribution in [0.25, 0.3) is 0 Å². The number of anilines is 1. The van der Waals surface area contributed by atoms with Crippen molar-refractivity contribution >= 4 is 23.2 Å². The fourth-order valence-corrected chi connectivity index (χ4v) is 4.49. The molecule has 0 aromatic heterocycles. The van der Waals surface area contributed by atoms with Crippen LogP contribution in [0.1, 0.15) is 43.2 Å². The summed E-state index contributed by atoms with van der Waals surface area (Å²) in [6.45, 7) is 1.95. The van der Waals surface area contributed by atoms with Gasteiger partial charge in [-0.25, -0.2) is 0 Å². The van der Waals surface area contributed by atoms with E-state index in [2.05, 4.69) is 5.32 Å². The van der Waals surface area contributed by atoms with Gasteiger partial charge in [-0.15, -0.1) is 0 Å². The molecule has 168 valence electrons. The molecule has 2 aliphatic rings. The first-order chi connectivity index (χ1) is 15.5. The summed E-state index contributed by atoms with van der Waals surface area (Å²) in [7, 11) is 3.11. The summed E-state index contributed by atoms with van der Waals surface area (Å²) in [5.41, 5.74) is 2.25. The molecular formula is C25H29N3O4. The standard InChI is InChI=1S/C25H29N3O4/c1-17-7-9-18(10-8-17)23-24(30)28(25(27-23)13-5-4-6-14-25)16-22(29)26-20-12-11-19(31-2)15-21(20)32-3/h7-12,15H,4-6,13-14,16H2,1-3H3,(H,26,29). The Morgan fingerprint density at radius 1 is 1.06 bits per heavy atom. The van der Waals surface area contributed by atoms with E-state index in [9.17, 15) is 9.59 Å². The van der Waals surface area contributed by atoms with E-state index in [-0.39, 0.29) is 18.4 Å². The fraction of sp³-hybridized carbons (Fsp3) is 0.400. The molecule has 1 saturated carbocycles. The van der Waals surface area contributed by atoms with Gasteiger partial charge in [-0.3, -0.25) is 14.6 Å². The summed E-state index contributed by atoms with van der Waals surface area (Å²) in [5.74, 6) is 0.654. The highest BCUT2D eigenvalue weighted by molar-refractivity contribution is 6.47. The zero-order valence-corrected chi connectivity index (χ0v) is 18.8. The molecule has 1 aliphatic carbocycles. The van der Waals surface area contributed by atoms with Crippen molar-refractivity contribution in [2.24, 2.45) is 4.99 Å². The zero-order valence-electron chi connectivity index (χ0n) is 18.8. The number of hydrogen-bond acceptors (Lipinski definition) is 5. The van der Waals surface area contributed by atoms with Gasteiger partial charge in [-0.1, -0.05) is 36.2 Å². The first kappa shape index (κ1) is 21.9. The van der Waals surface area contributed by atoms with E-state index in [1.165, 1.54) is 7.11 Å². The number of methoxy groups -OCH3 is 2. The molecule has 7 heteroatoms. The van der Waals surface area contributed by atoms with E-state index < -0.39 is 5.66 Å². The number of ether oxygens (including phenoxy) is 2. The summed E-state index contributed by atoms with van der Waals surface area (Å²) < 4.78 is 10.6. The lowest BCUT2D eigenvalue weighted by molar-refractivity contribution is -0.134. The molecular weight excluding hydrogens is 406 g/mol. The van der Waals surface area contributed by atoms with E-state index in [1.54, 1.807) is 30.2 Å². The Morgan fingerprint density at radius 2 is 1.78 bits per heavy atom. The number of amides is 2. The third-order valence-corrected chi connectivity index (χ3v) is 6.23. The molecule has 0 bridgehead atoms. The van der Waals surface area contributed by atoms with Crippen molar-refractivity contribution in [3.05, 3.63) is 53.6 Å². The maximum atomic E-state index is 13.4. The zero-order chi connectivity index (χ0) is 22.7. The van der Waals surface area contributed by atoms with Crippen LogP contribution < -0.4 is 14.8 Å². The molecule has 1 fully saturated rings. The Bertz CT molecular complexity index is 1040. The topological polar surface area (TPSA) is 80.2 Å². The number of aliphatic imine (C=N–C) groups is 1. The minimum Gasteiger partial charge on any atom is -0.497 e. The van der Waals surface area contributed by atoms with Gasteiger partial charge >= 0.3 is 0 Å². The van der Waals surface area contributed by atoms with Gasteiger partial charge in [0.15, 0.2) is 0 Å². The fourth-order valence-electron chi connectivity index (χ4n) is 4.49. The Labute approximate surface area is 188 Å². The molecule has 0 atom stereocenters. The first-order valence-electron chi connectivity index (χ1n) is 11.0. The van der Waals surface area contributed by atoms with Crippen LogP contribution in [0.2, 0.25) is 0 Å². The van der Waals surface area contributed by atoms with Gasteiger partial charge < -0.3 is 19.7 Å². The van der Waals surface area contributed by atoms with Crippen LogP contribution >= 0.6 is 0 Å². The van der Waals surface area contributed by atoms with Gasteiger partial charge in [-0.05, 0) is 44.7 Å². The number of benzene rings is 2. The number of aryl methyl sites for hydroxylation is 1. The molecule has 1 N–H and O–H groups in total. The monoisotopic (exact) mass is 435 g/mol. The molecule has 4 rings (SSSR count). The third kappa shape index (κ3) is 4.20. The summed E-state index contributed by atoms with van der Waals surface area (Å²) in [4.78, 5) is 33.0. The van der Waals surface area contributed by atoms with Crippen molar-refractivity contribution in [2.75, 3.05) is 26.1 Å². The Kier molecular flexibility index (Phi) is 6.17. The number of carbonyl (C=O) groups is 2. The quantitative estimate of drug-likeness (QED) is 0.745. The average molecular weight is 436 g/mol. The van der Waals surface area contributed by atoms with E-state index in [0.717, 1.165) is 43.2 Å². The molecule has 1 spiro atoms. The van der Waals surface area contributed by atoms with Gasteiger partial charge in [-0.2, -0.15) is 0 Å². The van der Waals surface area contributed by atoms with Gasteiger partial charge in [0.2, 0.25) is 5.91 Å². The Hall–Kier alpha value is -3.35. The molecule has 0 unspecified atom stereocenters. The molecule has 1 heterocycles. The number of nitrogens with zero attached hydrogens (tertiary/aromatic N) is 2. The van der Waals surface area contributed by atoms with Crippen molar-refractivity contribution in [3.8, 4) is 11.5 Å². The molecule has 0 saturated heterocycles. The van der Waals surface area contributed by atoms with E-state index in [4.69, 9.17) is 14.5 Å². The van der Waals surface area contributed by atoms with Crippen LogP contribution in [0.4, 0.5) is 5.69 Å². The predicted octanol–water partition coefficient (Wildman–Crippen LogP) is 3.94. The largest absolute Gasteiger partial charge is 0.497 e. The molecule has 0 radical (unpaired) electrons. The molecule has 2 aromatic rings. The molecule has 2 aromatic carbocycles. The maximum Gasteiger partial charge on any atom is 0.275 e. The van der Waals surface area contributed by atoms with E-state index >= 15 is 0 Å². The van der Waals surface area contributed by atoms with Crippen LogP contribution in [0.15, 0.2) is 47.5 Å². The van der Waals surface area contributed by atoms with Crippen molar-refractivity contribution in [2.45, 2.75) is 44.7 Å². The number of hydrogen-bond donors (Lipinski definition) is 1. The van der Waals surface area contributed by atoms with Crippen LogP contribution in [0, 0.1) is 6.92 Å². The molecule has 2 amide bonds. The van der Waals surface area contributed by atoms with E-state index in [1.807, 2.05) is 31.2 Å². The van der Waals surface area contributed by atoms with Gasteiger partial charge in [0, 0.05) is 11.6 Å². The third-order valence-electron chi connectivity index (χ3n) is 6.23. The molecule has 1 aliphatic heterocycles. The van der Waals surface area contributed by atoms with Crippen LogP contribution in [-0.4, -0.2) is 48.9 Å². The lowest BCUT2D eigenvalue weighted by Crippen LogP contribution is -2.51. The smallest absolute Gasteiger partial charge is 0.275 e. The van der Waals surface area contributed by atoms with Crippen LogP contribution in [0.3, 0.4) is 0 Å². The van der Waals surface area contributed by atoms with Crippen molar-refractivity contribution in [1.82, 2.24) is 4.90 Å². The first-order valence-corrected chi connectivity index (χ1v) is 11.0. The molecule has 7 nitrogen and oxygen atoms in total. The SMILES string of the molecule is COc1ccc(NC(=O)CN2C(=O)C(c3ccc(C)cc3)=NC23CCCCC3)c(OC)c1. The lowest BCUT2D eigenvalue weighted by atomic mass is 9.88. The second-order valence-corrected chi connectivity index (χ2v) is 8.38. The Balaban J connectivity index is 1.57. The summed E-state index contributed by atoms with van der Waals surface area (Å²) >= 11 is 0. The highest BCUT2D eigenvalue weighted by Gasteiger charge is 2.48. The maximum absolute atomic E-state index is 13.4. The van der Waals surface area contributed by atoms with Crippen molar-refractivity contribution in [3.63, 3.8) is 0 Å². The Morgan fingerprint density at radius 3 is 2.44 bits per heavy atom.